The average molecular weight is 219 g/mol. The van der Waals surface area contributed by atoms with Gasteiger partial charge in [-0.2, -0.15) is 0 Å². The van der Waals surface area contributed by atoms with E-state index in [4.69, 9.17) is 5.14 Å². The number of primary sulfonamides is 1. The van der Waals surface area contributed by atoms with E-state index in [0.717, 1.165) is 0 Å². The van der Waals surface area contributed by atoms with Gasteiger partial charge < -0.3 is 9.84 Å². The van der Waals surface area contributed by atoms with E-state index in [9.17, 15) is 13.2 Å². The van der Waals surface area contributed by atoms with Crippen LogP contribution in [0.5, 0.6) is 0 Å². The molecule has 78 valence electrons. The predicted octanol–water partition coefficient (Wildman–Crippen LogP) is -1.31. The second-order valence-electron chi connectivity index (χ2n) is 2.51. The van der Waals surface area contributed by atoms with Crippen molar-refractivity contribution in [2.24, 2.45) is 5.14 Å². The lowest BCUT2D eigenvalue weighted by Crippen LogP contribution is -2.31. The highest BCUT2D eigenvalue weighted by molar-refractivity contribution is 7.89. The lowest BCUT2D eigenvalue weighted by Gasteiger charge is -2.00. The molecule has 1 heterocycles. The molecule has 0 bridgehead atoms. The molecule has 0 aliphatic rings. The van der Waals surface area contributed by atoms with E-state index in [1.165, 1.54) is 12.3 Å². The van der Waals surface area contributed by atoms with E-state index in [2.05, 4.69) is 15.0 Å². The summed E-state index contributed by atoms with van der Waals surface area (Å²) in [6.07, 6.45) is 1.24. The number of nitrogens with two attached hydrogens (primary N) is 1. The van der Waals surface area contributed by atoms with Crippen LogP contribution in [0.1, 0.15) is 10.5 Å². The summed E-state index contributed by atoms with van der Waals surface area (Å²) < 4.78 is 25.4. The smallest absolute Gasteiger partial charge is 0.273 e. The Balaban J connectivity index is 2.37. The zero-order valence-corrected chi connectivity index (χ0v) is 7.95. The molecule has 1 aromatic rings. The monoisotopic (exact) mass is 219 g/mol. The first kappa shape index (κ1) is 10.7. The first-order valence-corrected chi connectivity index (χ1v) is 5.39. The summed E-state index contributed by atoms with van der Waals surface area (Å²) in [5.74, 6) is -0.807. The Morgan fingerprint density at radius 2 is 2.36 bits per heavy atom. The van der Waals surface area contributed by atoms with Crippen LogP contribution in [0.15, 0.2) is 16.9 Å². The highest BCUT2D eigenvalue weighted by Crippen LogP contribution is 1.92. The highest BCUT2D eigenvalue weighted by atomic mass is 32.2. The number of amides is 1. The van der Waals surface area contributed by atoms with Crippen molar-refractivity contribution < 1.29 is 17.7 Å². The zero-order chi connectivity index (χ0) is 10.6. The van der Waals surface area contributed by atoms with Gasteiger partial charge in [-0.3, -0.25) is 4.79 Å². The van der Waals surface area contributed by atoms with Crippen molar-refractivity contribution >= 4 is 15.9 Å². The lowest BCUT2D eigenvalue weighted by atomic mass is 10.4. The summed E-state index contributed by atoms with van der Waals surface area (Å²) in [4.78, 5) is 11.1. The predicted molar refractivity (Wildman–Crippen MR) is 46.8 cm³/mol. The molecule has 0 saturated heterocycles. The molecule has 0 fully saturated rings. The first-order valence-electron chi connectivity index (χ1n) is 3.68. The maximum atomic E-state index is 11.1. The maximum Gasteiger partial charge on any atom is 0.273 e. The fraction of sp³-hybridized carbons (Fsp3) is 0.333. The molecule has 7 nitrogen and oxygen atoms in total. The van der Waals surface area contributed by atoms with Gasteiger partial charge in [-0.1, -0.05) is 5.16 Å². The Labute approximate surface area is 80.3 Å². The third kappa shape index (κ3) is 3.54. The maximum absolute atomic E-state index is 11.1. The van der Waals surface area contributed by atoms with Gasteiger partial charge in [-0.05, 0) is 0 Å². The molecule has 8 heteroatoms. The molecule has 0 aliphatic carbocycles. The Morgan fingerprint density at radius 3 is 2.86 bits per heavy atom. The van der Waals surface area contributed by atoms with Gasteiger partial charge in [0.15, 0.2) is 5.69 Å². The van der Waals surface area contributed by atoms with E-state index in [0.29, 0.717) is 0 Å². The van der Waals surface area contributed by atoms with E-state index in [1.807, 2.05) is 0 Å². The largest absolute Gasteiger partial charge is 0.364 e. The summed E-state index contributed by atoms with van der Waals surface area (Å²) in [5.41, 5.74) is 0.0967. The number of hydrogen-bond acceptors (Lipinski definition) is 5. The number of hydrogen-bond donors (Lipinski definition) is 2. The van der Waals surface area contributed by atoms with E-state index in [1.54, 1.807) is 0 Å². The van der Waals surface area contributed by atoms with Crippen molar-refractivity contribution in [3.05, 3.63) is 18.0 Å². The topological polar surface area (TPSA) is 115 Å². The lowest BCUT2D eigenvalue weighted by molar-refractivity contribution is 0.0947. The quantitative estimate of drug-likeness (QED) is 0.652. The van der Waals surface area contributed by atoms with Gasteiger partial charge >= 0.3 is 0 Å². The number of rotatable bonds is 4. The van der Waals surface area contributed by atoms with Crippen molar-refractivity contribution in [3.8, 4) is 0 Å². The van der Waals surface area contributed by atoms with Crippen molar-refractivity contribution in [2.75, 3.05) is 12.3 Å². The van der Waals surface area contributed by atoms with Crippen LogP contribution in [0, 0.1) is 0 Å². The van der Waals surface area contributed by atoms with Gasteiger partial charge in [0.2, 0.25) is 10.0 Å². The van der Waals surface area contributed by atoms with Crippen LogP contribution in [0.4, 0.5) is 0 Å². The van der Waals surface area contributed by atoms with Crippen LogP contribution in [0.25, 0.3) is 0 Å². The molecule has 0 unspecified atom stereocenters. The summed E-state index contributed by atoms with van der Waals surface area (Å²) >= 11 is 0. The first-order chi connectivity index (χ1) is 6.49. The number of nitrogens with zero attached hydrogens (tertiary/aromatic N) is 1. The van der Waals surface area contributed by atoms with Gasteiger partial charge in [0.25, 0.3) is 5.91 Å². The van der Waals surface area contributed by atoms with Gasteiger partial charge in [-0.15, -0.1) is 0 Å². The molecule has 1 amide bonds. The average Bonchev–Trinajstić information content (AvgIpc) is 2.53. The molecule has 1 rings (SSSR count). The number of nitrogens with one attached hydrogen (secondary N) is 1. The van der Waals surface area contributed by atoms with Gasteiger partial charge in [0.05, 0.1) is 5.75 Å². The molecule has 0 saturated carbocycles. The summed E-state index contributed by atoms with van der Waals surface area (Å²) in [6, 6.07) is 1.37. The molecule has 14 heavy (non-hydrogen) atoms. The molecular weight excluding hydrogens is 210 g/mol. The Bertz CT molecular complexity index is 397. The van der Waals surface area contributed by atoms with E-state index >= 15 is 0 Å². The van der Waals surface area contributed by atoms with Crippen molar-refractivity contribution in [3.63, 3.8) is 0 Å². The van der Waals surface area contributed by atoms with E-state index < -0.39 is 15.9 Å². The van der Waals surface area contributed by atoms with Gasteiger partial charge in [-0.25, -0.2) is 13.6 Å². The van der Waals surface area contributed by atoms with Gasteiger partial charge in [0.1, 0.15) is 6.26 Å². The molecule has 1 aromatic heterocycles. The summed E-state index contributed by atoms with van der Waals surface area (Å²) in [5, 5.41) is 10.4. The van der Waals surface area contributed by atoms with E-state index in [-0.39, 0.29) is 18.0 Å². The Hall–Kier alpha value is -1.41. The molecule has 0 radical (unpaired) electrons. The van der Waals surface area contributed by atoms with Crippen LogP contribution >= 0.6 is 0 Å². The minimum absolute atomic E-state index is 0.0511. The Kier molecular flexibility index (Phi) is 3.20. The van der Waals surface area contributed by atoms with Crippen LogP contribution in [-0.2, 0) is 10.0 Å². The summed E-state index contributed by atoms with van der Waals surface area (Å²) in [6.45, 7) is -0.0511. The second kappa shape index (κ2) is 4.20. The zero-order valence-electron chi connectivity index (χ0n) is 7.13. The number of carbonyl (C=O) groups excluding carboxylic acids is 1. The minimum atomic E-state index is -3.55. The SMILES string of the molecule is NS(=O)(=O)CCNC(=O)c1ccon1. The second-order valence-corrected chi connectivity index (χ2v) is 4.24. The Morgan fingerprint density at radius 1 is 1.64 bits per heavy atom. The number of carbonyl (C=O) groups is 1. The third-order valence-corrected chi connectivity index (χ3v) is 2.12. The highest BCUT2D eigenvalue weighted by Gasteiger charge is 2.09. The molecule has 0 aromatic carbocycles. The standard InChI is InChI=1S/C6H9N3O4S/c7-14(11,12)4-2-8-6(10)5-1-3-13-9-5/h1,3H,2,4H2,(H,8,10)(H2,7,11,12). The fourth-order valence-corrected chi connectivity index (χ4v) is 1.11. The molecule has 0 aliphatic heterocycles. The number of sulfonamides is 1. The van der Waals surface area contributed by atoms with Crippen LogP contribution < -0.4 is 10.5 Å². The normalized spacial score (nSPS) is 11.2. The summed E-state index contributed by atoms with van der Waals surface area (Å²) in [7, 11) is -3.55. The molecule has 0 spiro atoms. The molecule has 3 N–H and O–H groups in total. The van der Waals surface area contributed by atoms with Crippen molar-refractivity contribution in [1.82, 2.24) is 10.5 Å². The van der Waals surface area contributed by atoms with Gasteiger partial charge in [0, 0.05) is 12.6 Å². The number of aromatic nitrogens is 1. The van der Waals surface area contributed by atoms with Crippen LogP contribution in [-0.4, -0.2) is 31.8 Å². The minimum Gasteiger partial charge on any atom is -0.364 e. The fourth-order valence-electron chi connectivity index (χ4n) is 0.727. The van der Waals surface area contributed by atoms with Crippen molar-refractivity contribution in [2.45, 2.75) is 0 Å². The molecular formula is C6H9N3O4S. The van der Waals surface area contributed by atoms with Crippen molar-refractivity contribution in [1.29, 1.82) is 0 Å². The molecule has 0 atom stereocenters. The van der Waals surface area contributed by atoms with Crippen LogP contribution in [0.3, 0.4) is 0 Å². The third-order valence-electron chi connectivity index (χ3n) is 1.34. The van der Waals surface area contributed by atoms with Crippen LogP contribution in [0.2, 0.25) is 0 Å².